The quantitative estimate of drug-likeness (QED) is 0.803. The zero-order chi connectivity index (χ0) is 11.5. The number of anilines is 2. The second kappa shape index (κ2) is 4.80. The predicted octanol–water partition coefficient (Wildman–Crippen LogP) is 1.77. The number of rotatable bonds is 2. The highest BCUT2D eigenvalue weighted by Gasteiger charge is 2.17. The number of ether oxygens (including phenoxy) is 2. The van der Waals surface area contributed by atoms with Crippen molar-refractivity contribution in [3.63, 3.8) is 0 Å². The van der Waals surface area contributed by atoms with Gasteiger partial charge in [0.15, 0.2) is 0 Å². The van der Waals surface area contributed by atoms with E-state index in [1.165, 1.54) is 0 Å². The number of benzene rings is 1. The number of morpholine rings is 1. The Bertz CT molecular complexity index is 355. The van der Waals surface area contributed by atoms with Crippen LogP contribution in [0.2, 0.25) is 5.02 Å². The van der Waals surface area contributed by atoms with Gasteiger partial charge in [-0.1, -0.05) is 11.6 Å². The molecule has 16 heavy (non-hydrogen) atoms. The lowest BCUT2D eigenvalue weighted by Crippen LogP contribution is -2.36. The van der Waals surface area contributed by atoms with Crippen LogP contribution in [0.1, 0.15) is 0 Å². The first-order valence-corrected chi connectivity index (χ1v) is 5.56. The van der Waals surface area contributed by atoms with Crippen molar-refractivity contribution in [2.24, 2.45) is 0 Å². The summed E-state index contributed by atoms with van der Waals surface area (Å²) in [5.41, 5.74) is 7.51. The molecule has 0 spiro atoms. The lowest BCUT2D eigenvalue weighted by atomic mass is 10.2. The first-order chi connectivity index (χ1) is 7.72. The maximum absolute atomic E-state index is 6.20. The van der Waals surface area contributed by atoms with Gasteiger partial charge in [0.2, 0.25) is 0 Å². The highest BCUT2D eigenvalue weighted by Crippen LogP contribution is 2.36. The molecule has 1 aromatic rings. The van der Waals surface area contributed by atoms with E-state index >= 15 is 0 Å². The van der Waals surface area contributed by atoms with Gasteiger partial charge >= 0.3 is 0 Å². The van der Waals surface area contributed by atoms with Crippen LogP contribution < -0.4 is 15.4 Å². The monoisotopic (exact) mass is 242 g/mol. The van der Waals surface area contributed by atoms with Crippen LogP contribution in [0.3, 0.4) is 0 Å². The van der Waals surface area contributed by atoms with E-state index in [0.29, 0.717) is 29.7 Å². The van der Waals surface area contributed by atoms with Gasteiger partial charge in [0.25, 0.3) is 0 Å². The molecule has 1 aromatic carbocycles. The van der Waals surface area contributed by atoms with E-state index in [4.69, 9.17) is 26.8 Å². The molecule has 2 N–H and O–H groups in total. The fourth-order valence-corrected chi connectivity index (χ4v) is 2.17. The van der Waals surface area contributed by atoms with Gasteiger partial charge in [0, 0.05) is 25.2 Å². The zero-order valence-electron chi connectivity index (χ0n) is 9.20. The van der Waals surface area contributed by atoms with Crippen molar-refractivity contribution in [3.05, 3.63) is 17.2 Å². The molecule has 5 heteroatoms. The maximum Gasteiger partial charge on any atom is 0.122 e. The van der Waals surface area contributed by atoms with E-state index in [2.05, 4.69) is 4.90 Å². The number of hydrogen-bond donors (Lipinski definition) is 1. The van der Waals surface area contributed by atoms with E-state index in [0.717, 1.165) is 18.8 Å². The molecule has 0 bridgehead atoms. The fourth-order valence-electron chi connectivity index (χ4n) is 1.83. The topological polar surface area (TPSA) is 47.7 Å². The van der Waals surface area contributed by atoms with Crippen LogP contribution in [0.5, 0.6) is 5.75 Å². The average Bonchev–Trinajstić information content (AvgIpc) is 2.29. The Morgan fingerprint density at radius 2 is 2.06 bits per heavy atom. The second-order valence-electron chi connectivity index (χ2n) is 3.65. The molecule has 0 atom stereocenters. The Morgan fingerprint density at radius 3 is 2.62 bits per heavy atom. The lowest BCUT2D eigenvalue weighted by Gasteiger charge is -2.30. The predicted molar refractivity (Wildman–Crippen MR) is 65.4 cm³/mol. The smallest absolute Gasteiger partial charge is 0.122 e. The third kappa shape index (κ3) is 2.18. The van der Waals surface area contributed by atoms with Crippen LogP contribution in [0.15, 0.2) is 12.1 Å². The molecule has 2 rings (SSSR count). The normalized spacial score (nSPS) is 16.2. The average molecular weight is 243 g/mol. The highest BCUT2D eigenvalue weighted by atomic mass is 35.5. The molecule has 0 radical (unpaired) electrons. The van der Waals surface area contributed by atoms with Crippen LogP contribution in [0.25, 0.3) is 0 Å². The number of nitrogens with two attached hydrogens (primary N) is 1. The molecule has 1 fully saturated rings. The number of nitrogen functional groups attached to an aromatic ring is 1. The third-order valence-corrected chi connectivity index (χ3v) is 2.92. The first-order valence-electron chi connectivity index (χ1n) is 5.18. The Morgan fingerprint density at radius 1 is 1.38 bits per heavy atom. The van der Waals surface area contributed by atoms with E-state index < -0.39 is 0 Å². The molecule has 88 valence electrons. The van der Waals surface area contributed by atoms with Crippen LogP contribution in [0.4, 0.5) is 11.4 Å². The molecular weight excluding hydrogens is 228 g/mol. The number of nitrogens with zero attached hydrogens (tertiary/aromatic N) is 1. The summed E-state index contributed by atoms with van der Waals surface area (Å²) >= 11 is 6.20. The standard InChI is InChI=1S/C11H15ClN2O2/c1-15-8-6-9(12)11(10(13)7-8)14-2-4-16-5-3-14/h6-7H,2-5,13H2,1H3. The van der Waals surface area contributed by atoms with Gasteiger partial charge < -0.3 is 20.1 Å². The Hall–Kier alpha value is -1.13. The number of hydrogen-bond acceptors (Lipinski definition) is 4. The van der Waals surface area contributed by atoms with Crippen molar-refractivity contribution in [1.29, 1.82) is 0 Å². The summed E-state index contributed by atoms with van der Waals surface area (Å²) in [5, 5.41) is 0.624. The lowest BCUT2D eigenvalue weighted by molar-refractivity contribution is 0.123. The van der Waals surface area contributed by atoms with E-state index in [1.807, 2.05) is 0 Å². The van der Waals surface area contributed by atoms with E-state index in [9.17, 15) is 0 Å². The van der Waals surface area contributed by atoms with Gasteiger partial charge in [-0.05, 0) is 0 Å². The number of halogens is 1. The minimum absolute atomic E-state index is 0.624. The fraction of sp³-hybridized carbons (Fsp3) is 0.455. The summed E-state index contributed by atoms with van der Waals surface area (Å²) in [6.45, 7) is 3.05. The minimum Gasteiger partial charge on any atom is -0.497 e. The highest BCUT2D eigenvalue weighted by molar-refractivity contribution is 6.34. The molecule has 4 nitrogen and oxygen atoms in total. The first kappa shape index (κ1) is 11.4. The van der Waals surface area contributed by atoms with Gasteiger partial charge in [-0.15, -0.1) is 0 Å². The van der Waals surface area contributed by atoms with Crippen molar-refractivity contribution < 1.29 is 9.47 Å². The van der Waals surface area contributed by atoms with Crippen LogP contribution in [-0.2, 0) is 4.74 Å². The summed E-state index contributed by atoms with van der Waals surface area (Å²) in [6, 6.07) is 3.57. The van der Waals surface area contributed by atoms with Gasteiger partial charge in [-0.3, -0.25) is 0 Å². The maximum atomic E-state index is 6.20. The molecule has 0 aromatic heterocycles. The Kier molecular flexibility index (Phi) is 3.41. The van der Waals surface area contributed by atoms with Gasteiger partial charge in [-0.25, -0.2) is 0 Å². The van der Waals surface area contributed by atoms with Gasteiger partial charge in [0.05, 0.1) is 36.7 Å². The van der Waals surface area contributed by atoms with Crippen molar-refractivity contribution in [1.82, 2.24) is 0 Å². The molecule has 1 heterocycles. The van der Waals surface area contributed by atoms with Crippen molar-refractivity contribution in [2.45, 2.75) is 0 Å². The molecule has 0 amide bonds. The summed E-state index contributed by atoms with van der Waals surface area (Å²) in [4.78, 5) is 2.14. The largest absolute Gasteiger partial charge is 0.497 e. The Labute approximate surface area is 99.9 Å². The summed E-state index contributed by atoms with van der Waals surface area (Å²) < 4.78 is 10.4. The SMILES string of the molecule is COc1cc(N)c(N2CCOCC2)c(Cl)c1. The minimum atomic E-state index is 0.624. The second-order valence-corrected chi connectivity index (χ2v) is 4.05. The molecule has 0 unspecified atom stereocenters. The third-order valence-electron chi connectivity index (χ3n) is 2.63. The van der Waals surface area contributed by atoms with Crippen LogP contribution >= 0.6 is 11.6 Å². The van der Waals surface area contributed by atoms with E-state index in [-0.39, 0.29) is 0 Å². The summed E-state index contributed by atoms with van der Waals surface area (Å²) in [7, 11) is 1.60. The molecule has 0 saturated carbocycles. The van der Waals surface area contributed by atoms with Crippen molar-refractivity contribution in [3.8, 4) is 5.75 Å². The van der Waals surface area contributed by atoms with Gasteiger partial charge in [-0.2, -0.15) is 0 Å². The molecular formula is C11H15ClN2O2. The van der Waals surface area contributed by atoms with Crippen molar-refractivity contribution in [2.75, 3.05) is 44.0 Å². The summed E-state index contributed by atoms with van der Waals surface area (Å²) in [5.74, 6) is 0.680. The molecule has 1 saturated heterocycles. The molecule has 1 aliphatic rings. The molecule has 1 aliphatic heterocycles. The summed E-state index contributed by atoms with van der Waals surface area (Å²) in [6.07, 6.45) is 0. The van der Waals surface area contributed by atoms with Gasteiger partial charge in [0.1, 0.15) is 5.75 Å². The van der Waals surface area contributed by atoms with Crippen LogP contribution in [0, 0.1) is 0 Å². The number of methoxy groups -OCH3 is 1. The van der Waals surface area contributed by atoms with Crippen LogP contribution in [-0.4, -0.2) is 33.4 Å². The molecule has 0 aliphatic carbocycles. The van der Waals surface area contributed by atoms with E-state index in [1.54, 1.807) is 19.2 Å². The Balaban J connectivity index is 2.32. The zero-order valence-corrected chi connectivity index (χ0v) is 9.96. The van der Waals surface area contributed by atoms with Crippen molar-refractivity contribution >= 4 is 23.0 Å².